The number of fused-ring (bicyclic) bond motifs is 1. The van der Waals surface area contributed by atoms with E-state index >= 15 is 0 Å². The third-order valence-corrected chi connectivity index (χ3v) is 5.35. The van der Waals surface area contributed by atoms with Gasteiger partial charge in [-0.05, 0) is 30.9 Å². The molecular formula is C17H18N4O3. The van der Waals surface area contributed by atoms with Gasteiger partial charge in [-0.1, -0.05) is 6.42 Å². The Morgan fingerprint density at radius 2 is 2.21 bits per heavy atom. The van der Waals surface area contributed by atoms with Crippen molar-refractivity contribution in [2.75, 3.05) is 13.1 Å². The van der Waals surface area contributed by atoms with Gasteiger partial charge in [0, 0.05) is 31.7 Å². The first kappa shape index (κ1) is 14.9. The summed E-state index contributed by atoms with van der Waals surface area (Å²) in [6.07, 6.45) is 9.10. The van der Waals surface area contributed by atoms with Crippen LogP contribution in [0, 0.1) is 11.3 Å². The van der Waals surface area contributed by atoms with Crippen molar-refractivity contribution >= 4 is 11.9 Å². The van der Waals surface area contributed by atoms with Crippen LogP contribution in [0.5, 0.6) is 0 Å². The minimum atomic E-state index is -0.770. The summed E-state index contributed by atoms with van der Waals surface area (Å²) in [4.78, 5) is 34.4. The standard InChI is InChI=1S/C17H18N4O3/c22-15(12-3-4-14(19-8-12)20-7-6-18-11-20)21-9-13-2-1-5-17(13,10-21)16(23)24/h3-4,6-8,11,13H,1-2,5,9-10H2,(H,23,24)/t13-,17+/m0/s1. The first-order valence-electron chi connectivity index (χ1n) is 8.07. The molecule has 2 atom stereocenters. The van der Waals surface area contributed by atoms with Gasteiger partial charge in [0.05, 0.1) is 11.0 Å². The first-order valence-corrected chi connectivity index (χ1v) is 8.07. The zero-order chi connectivity index (χ0) is 16.7. The number of rotatable bonds is 3. The van der Waals surface area contributed by atoms with Crippen molar-refractivity contribution in [1.82, 2.24) is 19.4 Å². The molecule has 1 aliphatic heterocycles. The normalized spacial score (nSPS) is 25.7. The lowest BCUT2D eigenvalue weighted by molar-refractivity contribution is -0.149. The maximum atomic E-state index is 12.7. The van der Waals surface area contributed by atoms with E-state index < -0.39 is 11.4 Å². The molecule has 1 saturated heterocycles. The van der Waals surface area contributed by atoms with Crippen molar-refractivity contribution in [3.8, 4) is 5.82 Å². The Bertz CT molecular complexity index is 772. The highest BCUT2D eigenvalue weighted by Gasteiger charge is 2.55. The van der Waals surface area contributed by atoms with Crippen LogP contribution in [-0.4, -0.2) is 49.5 Å². The molecule has 0 aromatic carbocycles. The molecule has 7 heteroatoms. The van der Waals surface area contributed by atoms with Crippen LogP contribution in [0.15, 0.2) is 37.1 Å². The number of amides is 1. The highest BCUT2D eigenvalue weighted by atomic mass is 16.4. The Morgan fingerprint density at radius 3 is 2.83 bits per heavy atom. The lowest BCUT2D eigenvalue weighted by Crippen LogP contribution is -2.37. The fourth-order valence-corrected chi connectivity index (χ4v) is 4.04. The monoisotopic (exact) mass is 326 g/mol. The zero-order valence-corrected chi connectivity index (χ0v) is 13.1. The number of aromatic nitrogens is 3. The molecule has 1 N–H and O–H groups in total. The van der Waals surface area contributed by atoms with E-state index in [-0.39, 0.29) is 11.8 Å². The third-order valence-electron chi connectivity index (χ3n) is 5.35. The van der Waals surface area contributed by atoms with Crippen LogP contribution in [0.25, 0.3) is 5.82 Å². The Morgan fingerprint density at radius 1 is 1.33 bits per heavy atom. The summed E-state index contributed by atoms with van der Waals surface area (Å²) < 4.78 is 1.76. The number of hydrogen-bond donors (Lipinski definition) is 1. The van der Waals surface area contributed by atoms with Gasteiger partial charge in [-0.3, -0.25) is 14.2 Å². The van der Waals surface area contributed by atoms with E-state index in [1.807, 2.05) is 0 Å². The molecule has 4 rings (SSSR count). The average Bonchev–Trinajstić information content (AvgIpc) is 3.29. The lowest BCUT2D eigenvalue weighted by atomic mass is 9.81. The highest BCUT2D eigenvalue weighted by molar-refractivity contribution is 5.95. The number of nitrogens with zero attached hydrogens (tertiary/aromatic N) is 4. The number of pyridine rings is 1. The molecule has 0 unspecified atom stereocenters. The molecule has 2 fully saturated rings. The van der Waals surface area contributed by atoms with Gasteiger partial charge < -0.3 is 10.0 Å². The van der Waals surface area contributed by atoms with E-state index in [0.717, 1.165) is 12.8 Å². The number of carbonyl (C=O) groups excluding carboxylic acids is 1. The minimum Gasteiger partial charge on any atom is -0.481 e. The van der Waals surface area contributed by atoms with Gasteiger partial charge in [0.15, 0.2) is 0 Å². The molecule has 7 nitrogen and oxygen atoms in total. The van der Waals surface area contributed by atoms with Gasteiger partial charge in [0.2, 0.25) is 0 Å². The second-order valence-corrected chi connectivity index (χ2v) is 6.61. The van der Waals surface area contributed by atoms with Crippen LogP contribution in [0.2, 0.25) is 0 Å². The predicted octanol–water partition coefficient (Wildman–Crippen LogP) is 1.59. The summed E-state index contributed by atoms with van der Waals surface area (Å²) in [5.41, 5.74) is -0.265. The number of carbonyl (C=O) groups is 2. The van der Waals surface area contributed by atoms with Crippen LogP contribution >= 0.6 is 0 Å². The minimum absolute atomic E-state index is 0.0668. The molecule has 1 aliphatic carbocycles. The number of carboxylic acid groups (broad SMARTS) is 1. The van der Waals surface area contributed by atoms with Crippen molar-refractivity contribution in [2.45, 2.75) is 19.3 Å². The summed E-state index contributed by atoms with van der Waals surface area (Å²) in [6, 6.07) is 3.49. The van der Waals surface area contributed by atoms with Gasteiger partial charge in [0.25, 0.3) is 5.91 Å². The van der Waals surface area contributed by atoms with Gasteiger partial charge in [-0.2, -0.15) is 0 Å². The topological polar surface area (TPSA) is 88.3 Å². The van der Waals surface area contributed by atoms with Crippen LogP contribution in [-0.2, 0) is 4.79 Å². The van der Waals surface area contributed by atoms with Crippen molar-refractivity contribution in [3.63, 3.8) is 0 Å². The van der Waals surface area contributed by atoms with E-state index in [9.17, 15) is 14.7 Å². The smallest absolute Gasteiger partial charge is 0.311 e. The molecule has 24 heavy (non-hydrogen) atoms. The van der Waals surface area contributed by atoms with Gasteiger partial charge >= 0.3 is 5.97 Å². The summed E-state index contributed by atoms with van der Waals surface area (Å²) in [7, 11) is 0. The van der Waals surface area contributed by atoms with Gasteiger partial charge in [-0.25, -0.2) is 9.97 Å². The molecule has 0 spiro atoms. The van der Waals surface area contributed by atoms with Crippen molar-refractivity contribution in [1.29, 1.82) is 0 Å². The van der Waals surface area contributed by atoms with Gasteiger partial charge in [0.1, 0.15) is 12.1 Å². The maximum Gasteiger partial charge on any atom is 0.311 e. The van der Waals surface area contributed by atoms with Crippen molar-refractivity contribution in [3.05, 3.63) is 42.6 Å². The number of carboxylic acids is 1. The summed E-state index contributed by atoms with van der Waals surface area (Å²) in [5, 5.41) is 9.63. The Hall–Kier alpha value is -2.70. The molecule has 2 aliphatic rings. The summed E-state index contributed by atoms with van der Waals surface area (Å²) in [5.74, 6) is -0.162. The maximum absolute atomic E-state index is 12.7. The molecule has 2 aromatic rings. The zero-order valence-electron chi connectivity index (χ0n) is 13.1. The lowest BCUT2D eigenvalue weighted by Gasteiger charge is -2.23. The highest BCUT2D eigenvalue weighted by Crippen LogP contribution is 2.49. The fraction of sp³-hybridized carbons (Fsp3) is 0.412. The van der Waals surface area contributed by atoms with Gasteiger partial charge in [-0.15, -0.1) is 0 Å². The van der Waals surface area contributed by atoms with E-state index in [4.69, 9.17) is 0 Å². The molecule has 124 valence electrons. The number of hydrogen-bond acceptors (Lipinski definition) is 4. The SMILES string of the molecule is O=C(c1ccc(-n2ccnc2)nc1)N1C[C@@H]2CCC[C@@]2(C(=O)O)C1. The largest absolute Gasteiger partial charge is 0.481 e. The van der Waals surface area contributed by atoms with E-state index in [2.05, 4.69) is 9.97 Å². The second-order valence-electron chi connectivity index (χ2n) is 6.61. The molecule has 0 bridgehead atoms. The predicted molar refractivity (Wildman–Crippen MR) is 84.7 cm³/mol. The Balaban J connectivity index is 1.53. The first-order chi connectivity index (χ1) is 11.6. The molecule has 2 aromatic heterocycles. The molecule has 1 amide bonds. The number of imidazole rings is 1. The van der Waals surface area contributed by atoms with Crippen LogP contribution in [0.4, 0.5) is 0 Å². The molecule has 0 radical (unpaired) electrons. The summed E-state index contributed by atoms with van der Waals surface area (Å²) in [6.45, 7) is 0.823. The number of likely N-dealkylation sites (tertiary alicyclic amines) is 1. The second kappa shape index (κ2) is 5.43. The fourth-order valence-electron chi connectivity index (χ4n) is 4.04. The van der Waals surface area contributed by atoms with E-state index in [0.29, 0.717) is 30.9 Å². The Kier molecular flexibility index (Phi) is 3.37. The van der Waals surface area contributed by atoms with Crippen molar-refractivity contribution in [2.24, 2.45) is 11.3 Å². The molecular weight excluding hydrogens is 308 g/mol. The quantitative estimate of drug-likeness (QED) is 0.925. The van der Waals surface area contributed by atoms with Crippen LogP contribution in [0.3, 0.4) is 0 Å². The van der Waals surface area contributed by atoms with Crippen LogP contribution in [0.1, 0.15) is 29.6 Å². The van der Waals surface area contributed by atoms with E-state index in [1.165, 1.54) is 0 Å². The molecule has 1 saturated carbocycles. The summed E-state index contributed by atoms with van der Waals surface area (Å²) >= 11 is 0. The number of aliphatic carboxylic acids is 1. The van der Waals surface area contributed by atoms with E-state index in [1.54, 1.807) is 46.5 Å². The third kappa shape index (κ3) is 2.19. The molecule has 3 heterocycles. The van der Waals surface area contributed by atoms with Crippen molar-refractivity contribution < 1.29 is 14.7 Å². The average molecular weight is 326 g/mol. The van der Waals surface area contributed by atoms with Crippen LogP contribution < -0.4 is 0 Å². The Labute approximate surface area is 138 Å².